The van der Waals surface area contributed by atoms with Gasteiger partial charge in [-0.1, -0.05) is 24.3 Å². The van der Waals surface area contributed by atoms with Crippen molar-refractivity contribution in [2.75, 3.05) is 7.11 Å². The molecule has 1 aromatic carbocycles. The van der Waals surface area contributed by atoms with Crippen LogP contribution >= 0.6 is 0 Å². The fourth-order valence-corrected chi connectivity index (χ4v) is 1.58. The maximum absolute atomic E-state index is 9.43. The Kier molecular flexibility index (Phi) is 5.79. The molecule has 0 aliphatic rings. The Morgan fingerprint density at radius 1 is 1.33 bits per heavy atom. The highest BCUT2D eigenvalue weighted by Gasteiger charge is 2.20. The largest absolute Gasteiger partial charge is 0.391 e. The van der Waals surface area contributed by atoms with Crippen LogP contribution in [0.2, 0.25) is 0 Å². The van der Waals surface area contributed by atoms with Crippen LogP contribution < -0.4 is 0 Å². The van der Waals surface area contributed by atoms with E-state index in [1.807, 2.05) is 24.3 Å². The van der Waals surface area contributed by atoms with Gasteiger partial charge in [-0.15, -0.1) is 0 Å². The van der Waals surface area contributed by atoms with E-state index in [-0.39, 0.29) is 0 Å². The molecule has 3 atom stereocenters. The predicted octanol–water partition coefficient (Wildman–Crippen LogP) is 2.18. The van der Waals surface area contributed by atoms with Gasteiger partial charge in [0.05, 0.1) is 24.9 Å². The fraction of sp³-hybridized carbons (Fsp3) is 0.500. The molecule has 0 aliphatic carbocycles. The summed E-state index contributed by atoms with van der Waals surface area (Å²) in [7, 11) is 1.61. The molecule has 3 unspecified atom stereocenters. The number of aliphatic hydroxyl groups excluding tert-OH is 1. The smallest absolute Gasteiger partial charge is 0.169 e. The van der Waals surface area contributed by atoms with Crippen molar-refractivity contribution in [3.8, 4) is 6.07 Å². The third-order valence-corrected chi connectivity index (χ3v) is 2.78. The van der Waals surface area contributed by atoms with Crippen LogP contribution in [-0.4, -0.2) is 24.4 Å². The molecule has 1 aromatic rings. The van der Waals surface area contributed by atoms with E-state index in [1.54, 1.807) is 21.0 Å². The second-order valence-corrected chi connectivity index (χ2v) is 4.22. The fourth-order valence-electron chi connectivity index (χ4n) is 1.58. The van der Waals surface area contributed by atoms with Crippen molar-refractivity contribution in [3.05, 3.63) is 35.4 Å². The van der Waals surface area contributed by atoms with Gasteiger partial charge < -0.3 is 14.6 Å². The Balaban J connectivity index is 2.92. The van der Waals surface area contributed by atoms with Gasteiger partial charge in [-0.05, 0) is 19.4 Å². The van der Waals surface area contributed by atoms with E-state index in [0.29, 0.717) is 6.61 Å². The van der Waals surface area contributed by atoms with E-state index >= 15 is 0 Å². The molecule has 0 aromatic heterocycles. The van der Waals surface area contributed by atoms with Crippen LogP contribution in [0.15, 0.2) is 24.3 Å². The standard InChI is InChI=1S/C14H19NO3/c1-10(16)11(2)18-14(8-15)13-7-5-4-6-12(13)9-17-3/h4-7,10-11,14,16H,9H2,1-3H3. The molecule has 0 heterocycles. The molecule has 1 rings (SSSR count). The van der Waals surface area contributed by atoms with E-state index in [0.717, 1.165) is 11.1 Å². The lowest BCUT2D eigenvalue weighted by Crippen LogP contribution is -2.25. The first kappa shape index (κ1) is 14.7. The Morgan fingerprint density at radius 3 is 2.56 bits per heavy atom. The maximum Gasteiger partial charge on any atom is 0.169 e. The quantitative estimate of drug-likeness (QED) is 0.839. The number of hydrogen-bond acceptors (Lipinski definition) is 4. The minimum Gasteiger partial charge on any atom is -0.391 e. The van der Waals surface area contributed by atoms with Gasteiger partial charge in [0, 0.05) is 12.7 Å². The Hall–Kier alpha value is -1.41. The van der Waals surface area contributed by atoms with Crippen LogP contribution in [0.25, 0.3) is 0 Å². The molecule has 0 saturated carbocycles. The summed E-state index contributed by atoms with van der Waals surface area (Å²) in [6, 6.07) is 9.61. The number of methoxy groups -OCH3 is 1. The molecule has 0 amide bonds. The van der Waals surface area contributed by atoms with Gasteiger partial charge in [0.2, 0.25) is 0 Å². The second kappa shape index (κ2) is 7.12. The zero-order chi connectivity index (χ0) is 13.5. The molecule has 0 aliphatic heterocycles. The minimum atomic E-state index is -0.694. The van der Waals surface area contributed by atoms with Crippen LogP contribution in [0.3, 0.4) is 0 Å². The topological polar surface area (TPSA) is 62.5 Å². The minimum absolute atomic E-state index is 0.398. The van der Waals surface area contributed by atoms with Crippen molar-refractivity contribution in [1.29, 1.82) is 5.26 Å². The molecule has 0 bridgehead atoms. The number of nitriles is 1. The van der Waals surface area contributed by atoms with Gasteiger partial charge in [0.15, 0.2) is 6.10 Å². The molecular formula is C14H19NO3. The lowest BCUT2D eigenvalue weighted by molar-refractivity contribution is -0.0431. The first-order chi connectivity index (χ1) is 8.60. The van der Waals surface area contributed by atoms with Crippen LogP contribution in [0.5, 0.6) is 0 Å². The average molecular weight is 249 g/mol. The highest BCUT2D eigenvalue weighted by atomic mass is 16.5. The number of ether oxygens (including phenoxy) is 2. The maximum atomic E-state index is 9.43. The van der Waals surface area contributed by atoms with Crippen LogP contribution in [0.1, 0.15) is 31.1 Å². The first-order valence-corrected chi connectivity index (χ1v) is 5.90. The summed E-state index contributed by atoms with van der Waals surface area (Å²) in [5.41, 5.74) is 1.71. The molecule has 0 saturated heterocycles. The molecule has 4 nitrogen and oxygen atoms in total. The molecule has 0 spiro atoms. The highest BCUT2D eigenvalue weighted by Crippen LogP contribution is 2.23. The van der Waals surface area contributed by atoms with Crippen molar-refractivity contribution in [3.63, 3.8) is 0 Å². The SMILES string of the molecule is COCc1ccccc1C(C#N)OC(C)C(C)O. The number of rotatable bonds is 6. The summed E-state index contributed by atoms with van der Waals surface area (Å²) >= 11 is 0. The van der Waals surface area contributed by atoms with Gasteiger partial charge in [0.25, 0.3) is 0 Å². The lowest BCUT2D eigenvalue weighted by Gasteiger charge is -2.21. The van der Waals surface area contributed by atoms with E-state index in [2.05, 4.69) is 6.07 Å². The van der Waals surface area contributed by atoms with E-state index in [9.17, 15) is 10.4 Å². The van der Waals surface area contributed by atoms with Crippen LogP contribution in [0.4, 0.5) is 0 Å². The summed E-state index contributed by atoms with van der Waals surface area (Å²) in [5.74, 6) is 0. The molecule has 18 heavy (non-hydrogen) atoms. The summed E-state index contributed by atoms with van der Waals surface area (Å²) < 4.78 is 10.7. The number of benzene rings is 1. The molecule has 0 fully saturated rings. The Labute approximate surface area is 108 Å². The molecule has 1 N–H and O–H groups in total. The summed E-state index contributed by atoms with van der Waals surface area (Å²) in [6.45, 7) is 3.81. The molecule has 98 valence electrons. The summed E-state index contributed by atoms with van der Waals surface area (Å²) in [6.07, 6.45) is -1.71. The Bertz CT molecular complexity index is 412. The summed E-state index contributed by atoms with van der Waals surface area (Å²) in [5, 5.41) is 18.6. The van der Waals surface area contributed by atoms with Gasteiger partial charge in [0.1, 0.15) is 0 Å². The van der Waals surface area contributed by atoms with Crippen molar-refractivity contribution in [1.82, 2.24) is 0 Å². The van der Waals surface area contributed by atoms with E-state index in [1.165, 1.54) is 0 Å². The zero-order valence-corrected chi connectivity index (χ0v) is 11.0. The average Bonchev–Trinajstić information content (AvgIpc) is 2.37. The number of aliphatic hydroxyl groups is 1. The first-order valence-electron chi connectivity index (χ1n) is 5.90. The van der Waals surface area contributed by atoms with E-state index in [4.69, 9.17) is 9.47 Å². The number of hydrogen-bond donors (Lipinski definition) is 1. The Morgan fingerprint density at radius 2 is 2.00 bits per heavy atom. The predicted molar refractivity (Wildman–Crippen MR) is 67.7 cm³/mol. The van der Waals surface area contributed by atoms with Crippen LogP contribution in [0, 0.1) is 11.3 Å². The van der Waals surface area contributed by atoms with Gasteiger partial charge >= 0.3 is 0 Å². The normalized spacial score (nSPS) is 15.7. The van der Waals surface area contributed by atoms with E-state index < -0.39 is 18.3 Å². The van der Waals surface area contributed by atoms with Crippen molar-refractivity contribution in [2.45, 2.75) is 38.8 Å². The third-order valence-electron chi connectivity index (χ3n) is 2.78. The third kappa shape index (κ3) is 3.81. The highest BCUT2D eigenvalue weighted by molar-refractivity contribution is 5.31. The van der Waals surface area contributed by atoms with Crippen LogP contribution in [-0.2, 0) is 16.1 Å². The van der Waals surface area contributed by atoms with Crippen molar-refractivity contribution in [2.24, 2.45) is 0 Å². The summed E-state index contributed by atoms with van der Waals surface area (Å²) in [4.78, 5) is 0. The monoisotopic (exact) mass is 249 g/mol. The second-order valence-electron chi connectivity index (χ2n) is 4.22. The molecule has 4 heteroatoms. The molecule has 0 radical (unpaired) electrons. The van der Waals surface area contributed by atoms with Gasteiger partial charge in [-0.2, -0.15) is 5.26 Å². The van der Waals surface area contributed by atoms with Gasteiger partial charge in [-0.25, -0.2) is 0 Å². The lowest BCUT2D eigenvalue weighted by atomic mass is 10.0. The van der Waals surface area contributed by atoms with Crippen molar-refractivity contribution >= 4 is 0 Å². The number of nitrogens with zero attached hydrogens (tertiary/aromatic N) is 1. The van der Waals surface area contributed by atoms with Gasteiger partial charge in [-0.3, -0.25) is 0 Å². The zero-order valence-electron chi connectivity index (χ0n) is 11.0. The molecular weight excluding hydrogens is 230 g/mol. The van der Waals surface area contributed by atoms with Crippen molar-refractivity contribution < 1.29 is 14.6 Å².